The second kappa shape index (κ2) is 5.44. The third-order valence-electron chi connectivity index (χ3n) is 5.01. The van der Waals surface area contributed by atoms with Crippen molar-refractivity contribution in [2.45, 2.75) is 12.6 Å². The normalized spacial score (nSPS) is 16.6. The molecule has 1 atom stereocenters. The van der Waals surface area contributed by atoms with E-state index in [-0.39, 0.29) is 11.9 Å². The number of amides is 1. The lowest BCUT2D eigenvalue weighted by atomic mass is 9.95. The summed E-state index contributed by atoms with van der Waals surface area (Å²) in [6.07, 6.45) is 1.66. The quantitative estimate of drug-likeness (QED) is 0.534. The van der Waals surface area contributed by atoms with Crippen LogP contribution in [0.5, 0.6) is 0 Å². The zero-order chi connectivity index (χ0) is 17.8. The summed E-state index contributed by atoms with van der Waals surface area (Å²) < 4.78 is 0. The summed E-state index contributed by atoms with van der Waals surface area (Å²) in [5, 5.41) is 4.32. The lowest BCUT2D eigenvalue weighted by Crippen LogP contribution is -2.22. The van der Waals surface area contributed by atoms with Gasteiger partial charge in [0.05, 0.1) is 23.4 Å². The fraction of sp³-hybridized carbons (Fsp3) is 0.200. The molecule has 4 aromatic rings. The number of imidazole rings is 1. The van der Waals surface area contributed by atoms with E-state index >= 15 is 0 Å². The molecule has 2 aromatic heterocycles. The van der Waals surface area contributed by atoms with Crippen molar-refractivity contribution >= 4 is 27.8 Å². The number of hydrogen-bond donors (Lipinski definition) is 3. The first-order chi connectivity index (χ1) is 12.6. The number of hydrogen-bond acceptors (Lipinski definition) is 3. The molecule has 0 saturated heterocycles. The molecule has 130 valence electrons. The Hall–Kier alpha value is -3.12. The molecule has 0 spiro atoms. The van der Waals surface area contributed by atoms with Crippen molar-refractivity contribution < 1.29 is 4.79 Å². The van der Waals surface area contributed by atoms with Crippen LogP contribution >= 0.6 is 0 Å². The van der Waals surface area contributed by atoms with Gasteiger partial charge < -0.3 is 20.2 Å². The molecule has 5 rings (SSSR count). The van der Waals surface area contributed by atoms with Gasteiger partial charge in [0.1, 0.15) is 0 Å². The summed E-state index contributed by atoms with van der Waals surface area (Å²) in [5.41, 5.74) is 6.81. The maximum Gasteiger partial charge on any atom is 0.252 e. The zero-order valence-electron chi connectivity index (χ0n) is 14.6. The van der Waals surface area contributed by atoms with Crippen LogP contribution in [0.1, 0.15) is 33.2 Å². The van der Waals surface area contributed by atoms with E-state index < -0.39 is 0 Å². The van der Waals surface area contributed by atoms with Crippen LogP contribution in [0.15, 0.2) is 42.7 Å². The first kappa shape index (κ1) is 15.2. The predicted molar refractivity (Wildman–Crippen MR) is 101 cm³/mol. The second-order valence-corrected chi connectivity index (χ2v) is 7.07. The van der Waals surface area contributed by atoms with Gasteiger partial charge in [0, 0.05) is 34.3 Å². The Morgan fingerprint density at radius 1 is 1.15 bits per heavy atom. The van der Waals surface area contributed by atoms with Crippen LogP contribution in [0.3, 0.4) is 0 Å². The third-order valence-corrected chi connectivity index (χ3v) is 5.01. The molecular formula is C20H19N5O. The molecule has 0 fully saturated rings. The first-order valence-corrected chi connectivity index (χ1v) is 8.64. The lowest BCUT2D eigenvalue weighted by Gasteiger charge is -2.16. The number of nitrogens with zero attached hydrogens (tertiary/aromatic N) is 2. The van der Waals surface area contributed by atoms with Crippen LogP contribution < -0.4 is 5.32 Å². The Bertz CT molecular complexity index is 1150. The van der Waals surface area contributed by atoms with Crippen LogP contribution in [0.2, 0.25) is 0 Å². The molecule has 6 nitrogen and oxygen atoms in total. The van der Waals surface area contributed by atoms with Gasteiger partial charge in [-0.2, -0.15) is 0 Å². The maximum atomic E-state index is 12.6. The van der Waals surface area contributed by atoms with Crippen molar-refractivity contribution in [3.8, 4) is 0 Å². The van der Waals surface area contributed by atoms with Gasteiger partial charge in [-0.1, -0.05) is 18.2 Å². The molecular weight excluding hydrogens is 326 g/mol. The molecule has 0 radical (unpaired) electrons. The summed E-state index contributed by atoms with van der Waals surface area (Å²) in [4.78, 5) is 25.7. The summed E-state index contributed by atoms with van der Waals surface area (Å²) in [7, 11) is 4.09. The molecule has 3 heterocycles. The van der Waals surface area contributed by atoms with Crippen molar-refractivity contribution in [2.75, 3.05) is 14.1 Å². The molecule has 3 N–H and O–H groups in total. The van der Waals surface area contributed by atoms with Crippen LogP contribution in [0, 0.1) is 0 Å². The highest BCUT2D eigenvalue weighted by molar-refractivity contribution is 6.03. The molecule has 26 heavy (non-hydrogen) atoms. The zero-order valence-corrected chi connectivity index (χ0v) is 14.6. The van der Waals surface area contributed by atoms with E-state index in [0.717, 1.165) is 45.3 Å². The molecule has 0 saturated carbocycles. The van der Waals surface area contributed by atoms with Crippen molar-refractivity contribution in [3.05, 3.63) is 65.1 Å². The minimum Gasteiger partial charge on any atom is -0.357 e. The first-order valence-electron chi connectivity index (χ1n) is 8.64. The molecule has 1 unspecified atom stereocenters. The minimum absolute atomic E-state index is 0.0454. The van der Waals surface area contributed by atoms with E-state index in [4.69, 9.17) is 0 Å². The van der Waals surface area contributed by atoms with Gasteiger partial charge >= 0.3 is 0 Å². The molecule has 0 bridgehead atoms. The molecule has 1 aliphatic rings. The third kappa shape index (κ3) is 2.16. The van der Waals surface area contributed by atoms with E-state index in [9.17, 15) is 4.79 Å². The van der Waals surface area contributed by atoms with Crippen molar-refractivity contribution in [1.29, 1.82) is 0 Å². The standard InChI is InChI=1S/C20H19N5O/c1-25(2)9-17-18(11-5-3-4-6-14(11)23-17)19-12-7-15-16(22-10-21-15)8-13(12)20(26)24-19/h3-8,10,19,23H,9H2,1-2H3,(H,21,22)(H,24,26). The van der Waals surface area contributed by atoms with Crippen molar-refractivity contribution in [2.24, 2.45) is 0 Å². The smallest absolute Gasteiger partial charge is 0.252 e. The van der Waals surface area contributed by atoms with Gasteiger partial charge in [0.15, 0.2) is 0 Å². The highest BCUT2D eigenvalue weighted by atomic mass is 16.2. The van der Waals surface area contributed by atoms with E-state index in [2.05, 4.69) is 37.3 Å². The second-order valence-electron chi connectivity index (χ2n) is 7.07. The Kier molecular flexibility index (Phi) is 3.17. The number of fused-ring (bicyclic) bond motifs is 3. The number of benzene rings is 2. The predicted octanol–water partition coefficient (Wildman–Crippen LogP) is 2.94. The Balaban J connectivity index is 1.75. The molecule has 0 aliphatic carbocycles. The largest absolute Gasteiger partial charge is 0.357 e. The Labute approximate surface area is 150 Å². The summed E-state index contributed by atoms with van der Waals surface area (Å²) in [6, 6.07) is 12.0. The fourth-order valence-electron chi connectivity index (χ4n) is 3.94. The van der Waals surface area contributed by atoms with Crippen molar-refractivity contribution in [3.63, 3.8) is 0 Å². The van der Waals surface area contributed by atoms with Crippen LogP contribution in [0.25, 0.3) is 21.9 Å². The van der Waals surface area contributed by atoms with Gasteiger partial charge in [-0.15, -0.1) is 0 Å². The van der Waals surface area contributed by atoms with E-state index in [1.54, 1.807) is 6.33 Å². The number of aromatic nitrogens is 3. The van der Waals surface area contributed by atoms with Gasteiger partial charge in [0.25, 0.3) is 5.91 Å². The summed E-state index contributed by atoms with van der Waals surface area (Å²) >= 11 is 0. The van der Waals surface area contributed by atoms with Gasteiger partial charge in [-0.3, -0.25) is 4.79 Å². The van der Waals surface area contributed by atoms with E-state index in [1.165, 1.54) is 0 Å². The van der Waals surface area contributed by atoms with Gasteiger partial charge in [-0.05, 0) is 37.9 Å². The average Bonchev–Trinajstić information content (AvgIpc) is 3.28. The number of carbonyl (C=O) groups excluding carboxylic acids is 1. The Morgan fingerprint density at radius 2 is 2.00 bits per heavy atom. The number of nitrogens with one attached hydrogen (secondary N) is 3. The number of H-pyrrole nitrogens is 2. The highest BCUT2D eigenvalue weighted by Crippen LogP contribution is 2.38. The van der Waals surface area contributed by atoms with Gasteiger partial charge in [0.2, 0.25) is 0 Å². The number of para-hydroxylation sites is 1. The van der Waals surface area contributed by atoms with Crippen LogP contribution in [-0.4, -0.2) is 39.9 Å². The summed E-state index contributed by atoms with van der Waals surface area (Å²) in [6.45, 7) is 0.776. The molecule has 2 aromatic carbocycles. The van der Waals surface area contributed by atoms with Crippen LogP contribution in [0.4, 0.5) is 0 Å². The van der Waals surface area contributed by atoms with Crippen LogP contribution in [-0.2, 0) is 6.54 Å². The van der Waals surface area contributed by atoms with Crippen molar-refractivity contribution in [1.82, 2.24) is 25.2 Å². The van der Waals surface area contributed by atoms with E-state index in [0.29, 0.717) is 5.56 Å². The molecule has 1 aliphatic heterocycles. The SMILES string of the molecule is CN(C)Cc1[nH]c2ccccc2c1C1NC(=O)c2cc3nc[nH]c3cc21. The monoisotopic (exact) mass is 345 g/mol. The maximum absolute atomic E-state index is 12.6. The van der Waals surface area contributed by atoms with Gasteiger partial charge in [-0.25, -0.2) is 4.98 Å². The number of carbonyl (C=O) groups is 1. The average molecular weight is 345 g/mol. The number of rotatable bonds is 3. The summed E-state index contributed by atoms with van der Waals surface area (Å²) in [5.74, 6) is -0.0454. The molecule has 6 heteroatoms. The topological polar surface area (TPSA) is 76.8 Å². The fourth-order valence-corrected chi connectivity index (χ4v) is 3.94. The minimum atomic E-state index is -0.170. The highest BCUT2D eigenvalue weighted by Gasteiger charge is 2.33. The number of aromatic amines is 2. The van der Waals surface area contributed by atoms with E-state index in [1.807, 2.05) is 38.4 Å². The molecule has 1 amide bonds. The Morgan fingerprint density at radius 3 is 2.85 bits per heavy atom. The lowest BCUT2D eigenvalue weighted by molar-refractivity contribution is 0.0960.